The molecular formula is C13H19N3O3. The Bertz CT molecular complexity index is 443. The van der Waals surface area contributed by atoms with Gasteiger partial charge in [-0.15, -0.1) is 0 Å². The summed E-state index contributed by atoms with van der Waals surface area (Å²) in [5.74, 6) is 0.133. The van der Waals surface area contributed by atoms with Crippen LogP contribution < -0.4 is 11.1 Å². The SMILES string of the molecule is COCC(C)CC(=O)Nc1ccc(C(N)=NO)cc1. The van der Waals surface area contributed by atoms with Crippen molar-refractivity contribution >= 4 is 17.4 Å². The Morgan fingerprint density at radius 2 is 2.11 bits per heavy atom. The largest absolute Gasteiger partial charge is 0.409 e. The lowest BCUT2D eigenvalue weighted by molar-refractivity contribution is -0.117. The van der Waals surface area contributed by atoms with Gasteiger partial charge in [-0.25, -0.2) is 0 Å². The predicted octanol–water partition coefficient (Wildman–Crippen LogP) is 1.39. The van der Waals surface area contributed by atoms with E-state index < -0.39 is 0 Å². The third kappa shape index (κ3) is 4.97. The van der Waals surface area contributed by atoms with Crippen LogP contribution in [-0.2, 0) is 9.53 Å². The first-order valence-electron chi connectivity index (χ1n) is 5.93. The number of methoxy groups -OCH3 is 1. The van der Waals surface area contributed by atoms with Crippen LogP contribution in [0, 0.1) is 5.92 Å². The summed E-state index contributed by atoms with van der Waals surface area (Å²) in [6.45, 7) is 2.50. The van der Waals surface area contributed by atoms with Gasteiger partial charge in [-0.2, -0.15) is 0 Å². The Morgan fingerprint density at radius 1 is 1.47 bits per heavy atom. The summed E-state index contributed by atoms with van der Waals surface area (Å²) < 4.78 is 4.98. The molecule has 0 spiro atoms. The molecule has 1 unspecified atom stereocenters. The number of oxime groups is 1. The molecule has 0 saturated heterocycles. The lowest BCUT2D eigenvalue weighted by Crippen LogP contribution is -2.18. The maximum absolute atomic E-state index is 11.7. The molecule has 0 aromatic heterocycles. The van der Waals surface area contributed by atoms with E-state index in [9.17, 15) is 4.79 Å². The van der Waals surface area contributed by atoms with Gasteiger partial charge in [0.15, 0.2) is 5.84 Å². The van der Waals surface area contributed by atoms with E-state index in [1.54, 1.807) is 31.4 Å². The molecule has 0 radical (unpaired) electrons. The molecule has 6 nitrogen and oxygen atoms in total. The maximum atomic E-state index is 11.7. The third-order valence-electron chi connectivity index (χ3n) is 2.56. The maximum Gasteiger partial charge on any atom is 0.224 e. The standard InChI is InChI=1S/C13H19N3O3/c1-9(8-19-2)7-12(17)15-11-5-3-10(4-6-11)13(14)16-18/h3-6,9,18H,7-8H2,1-2H3,(H2,14,16)(H,15,17). The molecule has 104 valence electrons. The molecule has 0 bridgehead atoms. The van der Waals surface area contributed by atoms with E-state index in [0.29, 0.717) is 24.3 Å². The normalized spacial score (nSPS) is 13.1. The van der Waals surface area contributed by atoms with Crippen LogP contribution in [0.2, 0.25) is 0 Å². The van der Waals surface area contributed by atoms with Gasteiger partial charge in [-0.1, -0.05) is 12.1 Å². The lowest BCUT2D eigenvalue weighted by Gasteiger charge is -2.10. The van der Waals surface area contributed by atoms with Gasteiger partial charge in [-0.05, 0) is 30.2 Å². The van der Waals surface area contributed by atoms with E-state index in [1.165, 1.54) is 0 Å². The van der Waals surface area contributed by atoms with Crippen molar-refractivity contribution in [3.05, 3.63) is 29.8 Å². The summed E-state index contributed by atoms with van der Waals surface area (Å²) in [5, 5.41) is 14.2. The molecule has 0 aliphatic carbocycles. The van der Waals surface area contributed by atoms with Crippen LogP contribution in [0.25, 0.3) is 0 Å². The highest BCUT2D eigenvalue weighted by Gasteiger charge is 2.09. The van der Waals surface area contributed by atoms with Crippen molar-refractivity contribution in [2.45, 2.75) is 13.3 Å². The summed E-state index contributed by atoms with van der Waals surface area (Å²) in [7, 11) is 1.61. The van der Waals surface area contributed by atoms with E-state index >= 15 is 0 Å². The Morgan fingerprint density at radius 3 is 2.63 bits per heavy atom. The van der Waals surface area contributed by atoms with Crippen LogP contribution in [-0.4, -0.2) is 30.7 Å². The monoisotopic (exact) mass is 265 g/mol. The summed E-state index contributed by atoms with van der Waals surface area (Å²) in [6.07, 6.45) is 0.399. The number of hydrogen-bond donors (Lipinski definition) is 3. The molecule has 0 heterocycles. The summed E-state index contributed by atoms with van der Waals surface area (Å²) in [5.41, 5.74) is 6.71. The van der Waals surface area contributed by atoms with Crippen molar-refractivity contribution in [3.8, 4) is 0 Å². The zero-order chi connectivity index (χ0) is 14.3. The van der Waals surface area contributed by atoms with Gasteiger partial charge < -0.3 is 21.0 Å². The lowest BCUT2D eigenvalue weighted by atomic mass is 10.1. The van der Waals surface area contributed by atoms with Crippen molar-refractivity contribution in [3.63, 3.8) is 0 Å². The number of carbonyl (C=O) groups is 1. The Hall–Kier alpha value is -2.08. The van der Waals surface area contributed by atoms with Crippen LogP contribution in [0.5, 0.6) is 0 Å². The number of ether oxygens (including phenoxy) is 1. The van der Waals surface area contributed by atoms with Crippen molar-refractivity contribution in [2.24, 2.45) is 16.8 Å². The summed E-state index contributed by atoms with van der Waals surface area (Å²) in [4.78, 5) is 11.7. The first-order chi connectivity index (χ1) is 9.06. The fraction of sp³-hybridized carbons (Fsp3) is 0.385. The fourth-order valence-electron chi connectivity index (χ4n) is 1.65. The average Bonchev–Trinajstić information content (AvgIpc) is 2.38. The number of anilines is 1. The van der Waals surface area contributed by atoms with E-state index in [-0.39, 0.29) is 17.7 Å². The van der Waals surface area contributed by atoms with Crippen molar-refractivity contribution in [1.82, 2.24) is 0 Å². The minimum atomic E-state index is -0.0684. The molecule has 1 rings (SSSR count). The molecule has 0 fully saturated rings. The zero-order valence-electron chi connectivity index (χ0n) is 11.1. The second-order valence-electron chi connectivity index (χ2n) is 4.38. The average molecular weight is 265 g/mol. The second-order valence-corrected chi connectivity index (χ2v) is 4.38. The van der Waals surface area contributed by atoms with Gasteiger partial charge in [-0.3, -0.25) is 4.79 Å². The summed E-state index contributed by atoms with van der Waals surface area (Å²) in [6, 6.07) is 6.74. The number of amidine groups is 1. The van der Waals surface area contributed by atoms with E-state index in [2.05, 4.69) is 10.5 Å². The number of rotatable bonds is 6. The quantitative estimate of drug-likeness (QED) is 0.313. The highest BCUT2D eigenvalue weighted by atomic mass is 16.5. The number of nitrogens with two attached hydrogens (primary N) is 1. The fourth-order valence-corrected chi connectivity index (χ4v) is 1.65. The number of hydrogen-bond acceptors (Lipinski definition) is 4. The van der Waals surface area contributed by atoms with Crippen LogP contribution >= 0.6 is 0 Å². The molecule has 1 atom stereocenters. The molecule has 0 aliphatic rings. The van der Waals surface area contributed by atoms with E-state index in [0.717, 1.165) is 0 Å². The topological polar surface area (TPSA) is 96.9 Å². The van der Waals surface area contributed by atoms with E-state index in [4.69, 9.17) is 15.7 Å². The van der Waals surface area contributed by atoms with Crippen LogP contribution in [0.1, 0.15) is 18.9 Å². The van der Waals surface area contributed by atoms with Gasteiger partial charge in [0.25, 0.3) is 0 Å². The smallest absolute Gasteiger partial charge is 0.224 e. The minimum Gasteiger partial charge on any atom is -0.409 e. The molecule has 19 heavy (non-hydrogen) atoms. The van der Waals surface area contributed by atoms with Gasteiger partial charge in [0, 0.05) is 31.4 Å². The van der Waals surface area contributed by atoms with Gasteiger partial charge in [0.05, 0.1) is 0 Å². The number of amides is 1. The molecular weight excluding hydrogens is 246 g/mol. The van der Waals surface area contributed by atoms with Crippen LogP contribution in [0.15, 0.2) is 29.4 Å². The minimum absolute atomic E-state index is 0.0339. The van der Waals surface area contributed by atoms with Gasteiger partial charge in [0.2, 0.25) is 5.91 Å². The van der Waals surface area contributed by atoms with Crippen molar-refractivity contribution in [2.75, 3.05) is 19.0 Å². The first-order valence-corrected chi connectivity index (χ1v) is 5.93. The van der Waals surface area contributed by atoms with Gasteiger partial charge in [0.1, 0.15) is 0 Å². The Kier molecular flexibility index (Phi) is 5.81. The third-order valence-corrected chi connectivity index (χ3v) is 2.56. The highest BCUT2D eigenvalue weighted by molar-refractivity contribution is 5.98. The Labute approximate surface area is 112 Å². The summed E-state index contributed by atoms with van der Waals surface area (Å²) >= 11 is 0. The number of carbonyl (C=O) groups excluding carboxylic acids is 1. The second kappa shape index (κ2) is 7.38. The molecule has 1 amide bonds. The number of nitrogens with zero attached hydrogens (tertiary/aromatic N) is 1. The molecule has 1 aromatic rings. The number of benzene rings is 1. The van der Waals surface area contributed by atoms with Crippen molar-refractivity contribution in [1.29, 1.82) is 0 Å². The zero-order valence-corrected chi connectivity index (χ0v) is 11.1. The van der Waals surface area contributed by atoms with E-state index in [1.807, 2.05) is 6.92 Å². The number of nitrogens with one attached hydrogen (secondary N) is 1. The highest BCUT2D eigenvalue weighted by Crippen LogP contribution is 2.11. The van der Waals surface area contributed by atoms with Crippen LogP contribution in [0.4, 0.5) is 5.69 Å². The molecule has 0 aliphatic heterocycles. The molecule has 6 heteroatoms. The Balaban J connectivity index is 2.56. The predicted molar refractivity (Wildman–Crippen MR) is 73.2 cm³/mol. The van der Waals surface area contributed by atoms with Gasteiger partial charge >= 0.3 is 0 Å². The van der Waals surface area contributed by atoms with Crippen molar-refractivity contribution < 1.29 is 14.7 Å². The van der Waals surface area contributed by atoms with Crippen LogP contribution in [0.3, 0.4) is 0 Å². The molecule has 1 aromatic carbocycles. The first kappa shape index (κ1) is 15.0. The molecule has 0 saturated carbocycles. The molecule has 4 N–H and O–H groups in total.